The molecule has 2 aromatic rings. The predicted octanol–water partition coefficient (Wildman–Crippen LogP) is 0.122. The largest absolute Gasteiger partial charge is 0.427 e. The summed E-state index contributed by atoms with van der Waals surface area (Å²) < 4.78 is 2.84. The molecule has 2 heterocycles. The summed E-state index contributed by atoms with van der Waals surface area (Å²) in [7, 11) is 0. The van der Waals surface area contributed by atoms with Crippen molar-refractivity contribution in [3.05, 3.63) is 42.2 Å². The Morgan fingerprint density at radius 1 is 1.31 bits per heavy atom. The minimum Gasteiger partial charge on any atom is -0.357 e. The highest BCUT2D eigenvalue weighted by molar-refractivity contribution is 7.80. The molecule has 0 fully saturated rings. The van der Waals surface area contributed by atoms with Gasteiger partial charge in [0.25, 0.3) is 5.91 Å². The maximum atomic E-state index is 12.2. The summed E-state index contributed by atoms with van der Waals surface area (Å²) >= 11 is 5.14. The van der Waals surface area contributed by atoms with Crippen LogP contribution in [-0.4, -0.2) is 48.5 Å². The first kappa shape index (κ1) is 17.7. The Bertz CT molecular complexity index is 876. The van der Waals surface area contributed by atoms with Gasteiger partial charge >= 0.3 is 11.9 Å². The lowest BCUT2D eigenvalue weighted by Gasteiger charge is -2.15. The van der Waals surface area contributed by atoms with Crippen LogP contribution < -0.4 is 16.2 Å². The summed E-state index contributed by atoms with van der Waals surface area (Å²) in [6, 6.07) is 9.77. The van der Waals surface area contributed by atoms with Crippen LogP contribution in [0, 0.1) is 0 Å². The number of carbonyl (C=O) groups excluding carboxylic acids is 2. The van der Waals surface area contributed by atoms with Gasteiger partial charge in [0.2, 0.25) is 6.33 Å². The van der Waals surface area contributed by atoms with Gasteiger partial charge in [-0.1, -0.05) is 45.1 Å². The van der Waals surface area contributed by atoms with E-state index < -0.39 is 0 Å². The van der Waals surface area contributed by atoms with Crippen LogP contribution in [0.1, 0.15) is 23.7 Å². The Balaban J connectivity index is 1.51. The first-order chi connectivity index (χ1) is 12.5. The summed E-state index contributed by atoms with van der Waals surface area (Å²) in [6.45, 7) is 2.32. The molecule has 0 spiro atoms. The van der Waals surface area contributed by atoms with Crippen molar-refractivity contribution >= 4 is 40.8 Å². The minimum absolute atomic E-state index is 0.00783. The van der Waals surface area contributed by atoms with Gasteiger partial charge in [-0.05, 0) is 24.7 Å². The molecule has 1 amide bonds. The summed E-state index contributed by atoms with van der Waals surface area (Å²) in [5, 5.41) is 7.19. The van der Waals surface area contributed by atoms with Gasteiger partial charge in [-0.25, -0.2) is 4.58 Å². The molecule has 9 nitrogen and oxygen atoms in total. The second-order valence-corrected chi connectivity index (χ2v) is 6.11. The van der Waals surface area contributed by atoms with Gasteiger partial charge in [0.05, 0.1) is 12.1 Å². The average molecular weight is 372 g/mol. The molecule has 0 radical (unpaired) electrons. The molecule has 10 heteroatoms. The van der Waals surface area contributed by atoms with Gasteiger partial charge in [0, 0.05) is 6.54 Å². The van der Waals surface area contributed by atoms with E-state index in [1.807, 2.05) is 30.3 Å². The van der Waals surface area contributed by atoms with Gasteiger partial charge in [-0.3, -0.25) is 20.4 Å². The number of thiocarbonyl (C=S) groups is 1. The van der Waals surface area contributed by atoms with E-state index in [2.05, 4.69) is 26.3 Å². The van der Waals surface area contributed by atoms with E-state index in [0.717, 1.165) is 11.3 Å². The number of hydrogen-bond acceptors (Lipinski definition) is 5. The Morgan fingerprint density at radius 2 is 2.08 bits per heavy atom. The maximum Gasteiger partial charge on any atom is 0.427 e. The zero-order chi connectivity index (χ0) is 18.5. The maximum absolute atomic E-state index is 12.2. The lowest BCUT2D eigenvalue weighted by molar-refractivity contribution is -0.441. The molecule has 0 saturated heterocycles. The lowest BCUT2D eigenvalue weighted by atomic mass is 10.2. The third kappa shape index (κ3) is 4.09. The number of nitrogens with zero attached hydrogens (tertiary/aromatic N) is 4. The van der Waals surface area contributed by atoms with E-state index in [1.54, 1.807) is 11.5 Å². The average Bonchev–Trinajstić information content (AvgIpc) is 3.13. The molecule has 0 unspecified atom stereocenters. The Morgan fingerprint density at radius 3 is 2.85 bits per heavy atom. The van der Waals surface area contributed by atoms with Crippen LogP contribution in [0.5, 0.6) is 0 Å². The molecule has 0 saturated carbocycles. The Labute approximate surface area is 155 Å². The number of carbonyl (C=O) groups is 2. The molecule has 134 valence electrons. The van der Waals surface area contributed by atoms with E-state index in [0.29, 0.717) is 17.6 Å². The van der Waals surface area contributed by atoms with E-state index in [1.165, 1.54) is 11.0 Å². The number of nitrogens with one attached hydrogen (secondary N) is 3. The fraction of sp³-hybridized carbons (Fsp3) is 0.250. The highest BCUT2D eigenvalue weighted by Crippen LogP contribution is 2.14. The number of hydrogen-bond donors (Lipinski definition) is 3. The van der Waals surface area contributed by atoms with E-state index in [-0.39, 0.29) is 24.8 Å². The summed E-state index contributed by atoms with van der Waals surface area (Å²) in [5.41, 5.74) is 7.00. The summed E-state index contributed by atoms with van der Waals surface area (Å²) in [4.78, 5) is 28.1. The van der Waals surface area contributed by atoms with E-state index in [4.69, 9.17) is 12.2 Å². The molecule has 1 aliphatic rings. The van der Waals surface area contributed by atoms with Crippen molar-refractivity contribution in [1.82, 2.24) is 30.9 Å². The van der Waals surface area contributed by atoms with Crippen molar-refractivity contribution in [2.45, 2.75) is 19.9 Å². The highest BCUT2D eigenvalue weighted by atomic mass is 32.1. The second-order valence-electron chi connectivity index (χ2n) is 5.71. The highest BCUT2D eigenvalue weighted by Gasteiger charge is 2.32. The van der Waals surface area contributed by atoms with Crippen molar-refractivity contribution < 1.29 is 14.2 Å². The number of benzene rings is 1. The fourth-order valence-electron chi connectivity index (χ4n) is 2.49. The number of hydrazine groups is 1. The number of amides is 1. The van der Waals surface area contributed by atoms with Crippen LogP contribution in [0.15, 0.2) is 36.7 Å². The van der Waals surface area contributed by atoms with Crippen LogP contribution in [0.3, 0.4) is 0 Å². The quantitative estimate of drug-likeness (QED) is 0.398. The molecule has 0 atom stereocenters. The minimum atomic E-state index is -0.322. The Hall–Kier alpha value is -3.14. The normalized spacial score (nSPS) is 13.2. The van der Waals surface area contributed by atoms with Gasteiger partial charge in [-0.15, -0.1) is 0 Å². The molecule has 3 N–H and O–H groups in total. The van der Waals surface area contributed by atoms with Crippen LogP contribution in [0.2, 0.25) is 0 Å². The number of aromatic nitrogens is 3. The van der Waals surface area contributed by atoms with Gasteiger partial charge in [0.15, 0.2) is 11.7 Å². The molecule has 3 rings (SSSR count). The van der Waals surface area contributed by atoms with Gasteiger partial charge in [-0.2, -0.15) is 0 Å². The van der Waals surface area contributed by atoms with E-state index >= 15 is 0 Å². The molecule has 1 aliphatic heterocycles. The molecular formula is C16H18N7O2S+. The van der Waals surface area contributed by atoms with Crippen LogP contribution in [0.25, 0.3) is 0 Å². The Kier molecular flexibility index (Phi) is 5.32. The molecule has 26 heavy (non-hydrogen) atoms. The SMILES string of the molecule is CC1=[N+](CC(=O)NNC(=S)NCc2ccccc2)c2ncnn2C(=O)C1. The lowest BCUT2D eigenvalue weighted by Crippen LogP contribution is -2.49. The fourth-order valence-corrected chi connectivity index (χ4v) is 2.62. The summed E-state index contributed by atoms with van der Waals surface area (Å²) in [5.74, 6) is -0.160. The van der Waals surface area contributed by atoms with Crippen LogP contribution >= 0.6 is 12.2 Å². The third-order valence-corrected chi connectivity index (χ3v) is 4.03. The molecule has 0 aliphatic carbocycles. The summed E-state index contributed by atoms with van der Waals surface area (Å²) in [6.07, 6.45) is 1.48. The van der Waals surface area contributed by atoms with Gasteiger partial charge in [0.1, 0.15) is 0 Å². The molecule has 1 aromatic carbocycles. The van der Waals surface area contributed by atoms with Crippen molar-refractivity contribution in [3.63, 3.8) is 0 Å². The first-order valence-corrected chi connectivity index (χ1v) is 8.35. The molecule has 1 aromatic heterocycles. The van der Waals surface area contributed by atoms with Crippen LogP contribution in [-0.2, 0) is 11.3 Å². The smallest absolute Gasteiger partial charge is 0.357 e. The predicted molar refractivity (Wildman–Crippen MR) is 97.9 cm³/mol. The van der Waals surface area contributed by atoms with Crippen molar-refractivity contribution in [2.24, 2.45) is 0 Å². The zero-order valence-electron chi connectivity index (χ0n) is 14.1. The third-order valence-electron chi connectivity index (χ3n) is 3.79. The van der Waals surface area contributed by atoms with Crippen LogP contribution in [0.4, 0.5) is 5.95 Å². The zero-order valence-corrected chi connectivity index (χ0v) is 14.9. The molecule has 0 bridgehead atoms. The first-order valence-electron chi connectivity index (χ1n) is 7.94. The van der Waals surface area contributed by atoms with Crippen molar-refractivity contribution in [3.8, 4) is 0 Å². The second kappa shape index (κ2) is 7.83. The van der Waals surface area contributed by atoms with Crippen molar-refractivity contribution in [2.75, 3.05) is 6.54 Å². The van der Waals surface area contributed by atoms with E-state index in [9.17, 15) is 9.59 Å². The topological polar surface area (TPSA) is 104 Å². The van der Waals surface area contributed by atoms with Crippen molar-refractivity contribution in [1.29, 1.82) is 0 Å². The number of rotatable bonds is 4. The standard InChI is InChI=1S/C16H17N7O2S/c1-11-7-14(25)23-16(18-10-19-23)22(11)9-13(24)20-21-15(26)17-8-12-5-3-2-4-6-12/h2-6,10H,7-9H2,1H3,(H2-,17,20,21,24,26)/p+1. The van der Waals surface area contributed by atoms with Gasteiger partial charge < -0.3 is 5.32 Å². The number of fused-ring (bicyclic) bond motifs is 1. The molecular weight excluding hydrogens is 354 g/mol. The monoisotopic (exact) mass is 372 g/mol.